The molecule has 1 aromatic heterocycles. The molecular formula is C13H19N3. The summed E-state index contributed by atoms with van der Waals surface area (Å²) in [4.78, 5) is 4.50. The molecule has 3 N–H and O–H groups in total. The van der Waals surface area contributed by atoms with Crippen molar-refractivity contribution in [3.8, 4) is 0 Å². The van der Waals surface area contributed by atoms with E-state index in [4.69, 9.17) is 5.73 Å². The molecule has 0 atom stereocenters. The van der Waals surface area contributed by atoms with Gasteiger partial charge in [-0.05, 0) is 56.6 Å². The Labute approximate surface area is 96.4 Å². The first-order valence-electron chi connectivity index (χ1n) is 6.23. The smallest absolute Gasteiger partial charge is 0.149 e. The van der Waals surface area contributed by atoms with Crippen molar-refractivity contribution in [3.63, 3.8) is 0 Å². The fraction of sp³-hybridized carbons (Fsp3) is 0.615. The first kappa shape index (κ1) is 9.94. The second-order valence-corrected chi connectivity index (χ2v) is 5.24. The first-order valence-corrected chi connectivity index (χ1v) is 6.23. The van der Waals surface area contributed by atoms with Crippen molar-refractivity contribution in [3.05, 3.63) is 17.8 Å². The van der Waals surface area contributed by atoms with Crippen molar-refractivity contribution < 1.29 is 0 Å². The largest absolute Gasteiger partial charge is 0.396 e. The Balaban J connectivity index is 1.78. The number of rotatable bonds is 4. The molecule has 3 heteroatoms. The van der Waals surface area contributed by atoms with E-state index in [1.807, 2.05) is 19.1 Å². The lowest BCUT2D eigenvalue weighted by Gasteiger charge is -2.19. The van der Waals surface area contributed by atoms with Gasteiger partial charge in [0.2, 0.25) is 0 Å². The van der Waals surface area contributed by atoms with Gasteiger partial charge in [0.15, 0.2) is 0 Å². The van der Waals surface area contributed by atoms with Crippen LogP contribution in [0.3, 0.4) is 0 Å². The lowest BCUT2D eigenvalue weighted by atomic mass is 10.1. The average molecular weight is 217 g/mol. The fourth-order valence-electron chi connectivity index (χ4n) is 2.37. The topological polar surface area (TPSA) is 50.9 Å². The molecule has 3 rings (SSSR count). The summed E-state index contributed by atoms with van der Waals surface area (Å²) in [7, 11) is 0. The van der Waals surface area contributed by atoms with Crippen molar-refractivity contribution in [2.45, 2.75) is 38.6 Å². The summed E-state index contributed by atoms with van der Waals surface area (Å²) in [6.07, 6.45) is 5.50. The first-order chi connectivity index (χ1) is 7.74. The van der Waals surface area contributed by atoms with Gasteiger partial charge in [-0.15, -0.1) is 0 Å². The second-order valence-electron chi connectivity index (χ2n) is 5.24. The number of nitrogens with zero attached hydrogens (tertiary/aromatic N) is 1. The second kappa shape index (κ2) is 3.65. The molecule has 16 heavy (non-hydrogen) atoms. The summed E-state index contributed by atoms with van der Waals surface area (Å²) < 4.78 is 0. The zero-order chi connectivity index (χ0) is 11.1. The third-order valence-corrected chi connectivity index (χ3v) is 3.63. The zero-order valence-corrected chi connectivity index (χ0v) is 9.74. The molecule has 2 saturated carbocycles. The van der Waals surface area contributed by atoms with Gasteiger partial charge in [0.1, 0.15) is 5.82 Å². The Hall–Kier alpha value is -1.25. The van der Waals surface area contributed by atoms with Gasteiger partial charge in [-0.25, -0.2) is 4.98 Å². The number of hydrogen-bond donors (Lipinski definition) is 2. The predicted molar refractivity (Wildman–Crippen MR) is 66.2 cm³/mol. The highest BCUT2D eigenvalue weighted by Crippen LogP contribution is 2.46. The predicted octanol–water partition coefficient (Wildman–Crippen LogP) is 2.57. The van der Waals surface area contributed by atoms with Crippen molar-refractivity contribution >= 4 is 11.5 Å². The Bertz CT molecular complexity index is 382. The molecule has 1 aromatic rings. The van der Waals surface area contributed by atoms with E-state index in [0.29, 0.717) is 6.04 Å². The highest BCUT2D eigenvalue weighted by Gasteiger charge is 2.41. The maximum absolute atomic E-state index is 5.95. The van der Waals surface area contributed by atoms with E-state index in [1.165, 1.54) is 25.7 Å². The summed E-state index contributed by atoms with van der Waals surface area (Å²) in [5.74, 6) is 2.63. The third kappa shape index (κ3) is 1.99. The van der Waals surface area contributed by atoms with E-state index in [1.54, 1.807) is 0 Å². The lowest BCUT2D eigenvalue weighted by Crippen LogP contribution is -2.25. The van der Waals surface area contributed by atoms with Crippen molar-refractivity contribution in [1.82, 2.24) is 4.98 Å². The van der Waals surface area contributed by atoms with E-state index in [0.717, 1.165) is 29.0 Å². The van der Waals surface area contributed by atoms with Crippen LogP contribution in [0.15, 0.2) is 12.1 Å². The molecule has 0 unspecified atom stereocenters. The molecule has 2 aliphatic carbocycles. The molecule has 0 amide bonds. The van der Waals surface area contributed by atoms with Gasteiger partial charge in [-0.1, -0.05) is 0 Å². The number of nitrogen functional groups attached to an aromatic ring is 1. The standard InChI is InChI=1S/C13H19N3/c1-8-2-7-11(14)13(15-8)16-12(9-3-4-9)10-5-6-10/h2,7,9-10,12H,3-6,14H2,1H3,(H,15,16). The number of aromatic nitrogens is 1. The van der Waals surface area contributed by atoms with Crippen molar-refractivity contribution in [2.24, 2.45) is 11.8 Å². The summed E-state index contributed by atoms with van der Waals surface area (Å²) >= 11 is 0. The zero-order valence-electron chi connectivity index (χ0n) is 9.74. The Morgan fingerprint density at radius 2 is 1.88 bits per heavy atom. The maximum atomic E-state index is 5.95. The monoisotopic (exact) mass is 217 g/mol. The van der Waals surface area contributed by atoms with Crippen molar-refractivity contribution in [1.29, 1.82) is 0 Å². The van der Waals surface area contributed by atoms with Crippen LogP contribution in [0, 0.1) is 18.8 Å². The molecule has 86 valence electrons. The summed E-state index contributed by atoms with van der Waals surface area (Å²) in [6, 6.07) is 4.53. The lowest BCUT2D eigenvalue weighted by molar-refractivity contribution is 0.566. The van der Waals surface area contributed by atoms with Crippen LogP contribution in [0.25, 0.3) is 0 Å². The van der Waals surface area contributed by atoms with Crippen LogP contribution < -0.4 is 11.1 Å². The van der Waals surface area contributed by atoms with Crippen LogP contribution in [0.2, 0.25) is 0 Å². The minimum Gasteiger partial charge on any atom is -0.396 e. The molecule has 0 aromatic carbocycles. The normalized spacial score (nSPS) is 20.1. The Morgan fingerprint density at radius 3 is 2.44 bits per heavy atom. The number of hydrogen-bond acceptors (Lipinski definition) is 3. The highest BCUT2D eigenvalue weighted by molar-refractivity contribution is 5.61. The number of pyridine rings is 1. The molecular weight excluding hydrogens is 198 g/mol. The van der Waals surface area contributed by atoms with Gasteiger partial charge in [0.25, 0.3) is 0 Å². The minimum atomic E-state index is 0.622. The number of anilines is 2. The van der Waals surface area contributed by atoms with Crippen LogP contribution in [0.1, 0.15) is 31.4 Å². The molecule has 0 bridgehead atoms. The van der Waals surface area contributed by atoms with Crippen LogP contribution >= 0.6 is 0 Å². The van der Waals surface area contributed by atoms with Crippen molar-refractivity contribution in [2.75, 3.05) is 11.1 Å². The number of nitrogens with one attached hydrogen (secondary N) is 1. The Morgan fingerprint density at radius 1 is 1.25 bits per heavy atom. The van der Waals surface area contributed by atoms with Crippen LogP contribution in [0.4, 0.5) is 11.5 Å². The average Bonchev–Trinajstić information content (AvgIpc) is 3.13. The van der Waals surface area contributed by atoms with E-state index >= 15 is 0 Å². The van der Waals surface area contributed by atoms with Crippen LogP contribution in [0.5, 0.6) is 0 Å². The van der Waals surface area contributed by atoms with E-state index in [9.17, 15) is 0 Å². The third-order valence-electron chi connectivity index (χ3n) is 3.63. The minimum absolute atomic E-state index is 0.622. The Kier molecular flexibility index (Phi) is 2.27. The van der Waals surface area contributed by atoms with E-state index < -0.39 is 0 Å². The molecule has 0 radical (unpaired) electrons. The van der Waals surface area contributed by atoms with Crippen LogP contribution in [-0.4, -0.2) is 11.0 Å². The number of nitrogens with two attached hydrogens (primary N) is 1. The number of aryl methyl sites for hydroxylation is 1. The van der Waals surface area contributed by atoms with Gasteiger partial charge in [-0.3, -0.25) is 0 Å². The molecule has 0 saturated heterocycles. The van der Waals surface area contributed by atoms with E-state index in [-0.39, 0.29) is 0 Å². The molecule has 1 heterocycles. The maximum Gasteiger partial charge on any atom is 0.149 e. The summed E-state index contributed by atoms with van der Waals surface area (Å²) in [5, 5.41) is 3.58. The van der Waals surface area contributed by atoms with Gasteiger partial charge in [0.05, 0.1) is 5.69 Å². The highest BCUT2D eigenvalue weighted by atomic mass is 15.1. The van der Waals surface area contributed by atoms with Gasteiger partial charge < -0.3 is 11.1 Å². The summed E-state index contributed by atoms with van der Waals surface area (Å²) in [5.41, 5.74) is 7.76. The van der Waals surface area contributed by atoms with Gasteiger partial charge in [-0.2, -0.15) is 0 Å². The molecule has 0 aliphatic heterocycles. The molecule has 0 spiro atoms. The molecule has 2 fully saturated rings. The molecule has 3 nitrogen and oxygen atoms in total. The summed E-state index contributed by atoms with van der Waals surface area (Å²) in [6.45, 7) is 2.01. The van der Waals surface area contributed by atoms with Gasteiger partial charge >= 0.3 is 0 Å². The SMILES string of the molecule is Cc1ccc(N)c(NC(C2CC2)C2CC2)n1. The quantitative estimate of drug-likeness (QED) is 0.815. The molecule has 2 aliphatic rings. The fourth-order valence-corrected chi connectivity index (χ4v) is 2.37. The van der Waals surface area contributed by atoms with E-state index in [2.05, 4.69) is 10.3 Å². The van der Waals surface area contributed by atoms with Gasteiger partial charge in [0, 0.05) is 11.7 Å². The van der Waals surface area contributed by atoms with Crippen LogP contribution in [-0.2, 0) is 0 Å².